The van der Waals surface area contributed by atoms with Crippen molar-refractivity contribution in [3.05, 3.63) is 59.2 Å². The number of rotatable bonds is 6. The summed E-state index contributed by atoms with van der Waals surface area (Å²) in [6.07, 6.45) is 6.73. The Balaban J connectivity index is 2.10. The van der Waals surface area contributed by atoms with Crippen LogP contribution in [0.4, 0.5) is 0 Å². The zero-order valence-corrected chi connectivity index (χ0v) is 16.1. The summed E-state index contributed by atoms with van der Waals surface area (Å²) in [5.74, 6) is 3.33. The molecule has 5 nitrogen and oxygen atoms in total. The molecular weight excluding hydrogens is 340 g/mol. The third-order valence-electron chi connectivity index (χ3n) is 3.91. The van der Waals surface area contributed by atoms with Crippen molar-refractivity contribution in [3.63, 3.8) is 0 Å². The minimum absolute atomic E-state index is 0.0360. The molecule has 0 aromatic heterocycles. The van der Waals surface area contributed by atoms with Crippen molar-refractivity contribution in [2.24, 2.45) is 5.10 Å². The van der Waals surface area contributed by atoms with E-state index >= 15 is 0 Å². The van der Waals surface area contributed by atoms with Gasteiger partial charge in [0.2, 0.25) is 0 Å². The van der Waals surface area contributed by atoms with Crippen LogP contribution in [0.1, 0.15) is 42.3 Å². The lowest BCUT2D eigenvalue weighted by atomic mass is 9.87. The molecule has 0 aliphatic rings. The smallest absolute Gasteiger partial charge is 0.271 e. The first-order valence-corrected chi connectivity index (χ1v) is 8.53. The Kier molecular flexibility index (Phi) is 6.62. The van der Waals surface area contributed by atoms with Gasteiger partial charge in [0, 0.05) is 11.1 Å². The second kappa shape index (κ2) is 8.91. The maximum atomic E-state index is 12.3. The molecule has 0 atom stereocenters. The summed E-state index contributed by atoms with van der Waals surface area (Å²) in [6, 6.07) is 12.7. The lowest BCUT2D eigenvalue weighted by molar-refractivity contribution is 0.0955. The number of nitrogens with one attached hydrogen (secondary N) is 1. The fraction of sp³-hybridized carbons (Fsp3) is 0.273. The Bertz CT molecular complexity index is 857. The second-order valence-electron chi connectivity index (χ2n) is 6.92. The Labute approximate surface area is 160 Å². The van der Waals surface area contributed by atoms with Gasteiger partial charge in [0.15, 0.2) is 0 Å². The standard InChI is InChI=1S/C22H24N2O3/c1-6-13-27-20-12-11-19(26-5)14-17(20)15-23-24-21(25)16-7-9-18(10-8-16)22(2,3)4/h1,7-12,14-15H,13H2,2-5H3,(H,24,25)/b23-15-. The number of benzene rings is 2. The van der Waals surface area contributed by atoms with E-state index in [1.807, 2.05) is 12.1 Å². The number of hydrazone groups is 1. The molecule has 2 aromatic carbocycles. The molecule has 0 unspecified atom stereocenters. The molecule has 1 amide bonds. The highest BCUT2D eigenvalue weighted by Crippen LogP contribution is 2.23. The Morgan fingerprint density at radius 2 is 1.93 bits per heavy atom. The summed E-state index contributed by atoms with van der Waals surface area (Å²) in [5.41, 5.74) is 4.90. The fourth-order valence-corrected chi connectivity index (χ4v) is 2.35. The van der Waals surface area contributed by atoms with Gasteiger partial charge in [-0.15, -0.1) is 6.42 Å². The van der Waals surface area contributed by atoms with Gasteiger partial charge in [0.25, 0.3) is 5.91 Å². The van der Waals surface area contributed by atoms with E-state index in [1.165, 1.54) is 6.21 Å². The SMILES string of the molecule is C#CCOc1ccc(OC)cc1/C=N\NC(=O)c1ccc(C(C)(C)C)cc1. The zero-order chi connectivity index (χ0) is 19.9. The maximum absolute atomic E-state index is 12.3. The van der Waals surface area contributed by atoms with Crippen LogP contribution in [0.5, 0.6) is 11.5 Å². The van der Waals surface area contributed by atoms with E-state index in [4.69, 9.17) is 15.9 Å². The molecule has 0 saturated heterocycles. The van der Waals surface area contributed by atoms with Crippen molar-refractivity contribution >= 4 is 12.1 Å². The minimum Gasteiger partial charge on any atom is -0.497 e. The summed E-state index contributed by atoms with van der Waals surface area (Å²) in [5, 5.41) is 4.02. The summed E-state index contributed by atoms with van der Waals surface area (Å²) in [7, 11) is 1.57. The average molecular weight is 364 g/mol. The number of amides is 1. The summed E-state index contributed by atoms with van der Waals surface area (Å²) < 4.78 is 10.7. The first-order valence-electron chi connectivity index (χ1n) is 8.53. The highest BCUT2D eigenvalue weighted by atomic mass is 16.5. The van der Waals surface area contributed by atoms with Crippen LogP contribution in [0.2, 0.25) is 0 Å². The first kappa shape index (κ1) is 20.1. The van der Waals surface area contributed by atoms with E-state index in [0.29, 0.717) is 22.6 Å². The van der Waals surface area contributed by atoms with Crippen LogP contribution in [0.15, 0.2) is 47.6 Å². The molecule has 5 heteroatoms. The molecule has 0 bridgehead atoms. The molecule has 0 saturated carbocycles. The van der Waals surface area contributed by atoms with Crippen molar-refractivity contribution in [1.82, 2.24) is 5.43 Å². The Morgan fingerprint density at radius 3 is 2.52 bits per heavy atom. The zero-order valence-electron chi connectivity index (χ0n) is 16.1. The number of carbonyl (C=O) groups excluding carboxylic acids is 1. The largest absolute Gasteiger partial charge is 0.497 e. The van der Waals surface area contributed by atoms with E-state index in [-0.39, 0.29) is 17.9 Å². The van der Waals surface area contributed by atoms with Crippen LogP contribution in [-0.4, -0.2) is 25.8 Å². The third-order valence-corrected chi connectivity index (χ3v) is 3.91. The van der Waals surface area contributed by atoms with Crippen LogP contribution in [-0.2, 0) is 5.41 Å². The topological polar surface area (TPSA) is 59.9 Å². The fourth-order valence-electron chi connectivity index (χ4n) is 2.35. The minimum atomic E-state index is -0.291. The maximum Gasteiger partial charge on any atom is 0.271 e. The van der Waals surface area contributed by atoms with E-state index in [9.17, 15) is 4.79 Å². The molecule has 0 heterocycles. The predicted molar refractivity (Wildman–Crippen MR) is 108 cm³/mol. The van der Waals surface area contributed by atoms with Gasteiger partial charge >= 0.3 is 0 Å². The molecule has 2 rings (SSSR count). The number of hydrogen-bond acceptors (Lipinski definition) is 4. The van der Waals surface area contributed by atoms with Crippen LogP contribution < -0.4 is 14.9 Å². The Hall–Kier alpha value is -3.26. The molecule has 0 spiro atoms. The quantitative estimate of drug-likeness (QED) is 0.482. The molecule has 140 valence electrons. The highest BCUT2D eigenvalue weighted by Gasteiger charge is 2.14. The number of hydrogen-bond donors (Lipinski definition) is 1. The third kappa shape index (κ3) is 5.61. The van der Waals surface area contributed by atoms with Crippen LogP contribution in [0.25, 0.3) is 0 Å². The van der Waals surface area contributed by atoms with Crippen molar-refractivity contribution in [3.8, 4) is 23.8 Å². The van der Waals surface area contributed by atoms with E-state index in [2.05, 4.69) is 37.2 Å². The highest BCUT2D eigenvalue weighted by molar-refractivity contribution is 5.95. The van der Waals surface area contributed by atoms with Crippen LogP contribution in [0, 0.1) is 12.3 Å². The number of ether oxygens (including phenoxy) is 2. The first-order chi connectivity index (χ1) is 12.8. The van der Waals surface area contributed by atoms with E-state index in [0.717, 1.165) is 5.56 Å². The second-order valence-corrected chi connectivity index (χ2v) is 6.92. The number of nitrogens with zero attached hydrogens (tertiary/aromatic N) is 1. The summed E-state index contributed by atoms with van der Waals surface area (Å²) in [6.45, 7) is 6.51. The molecule has 1 N–H and O–H groups in total. The average Bonchev–Trinajstić information content (AvgIpc) is 2.66. The van der Waals surface area contributed by atoms with Gasteiger partial charge in [-0.2, -0.15) is 5.10 Å². The van der Waals surface area contributed by atoms with Gasteiger partial charge < -0.3 is 9.47 Å². The van der Waals surface area contributed by atoms with Gasteiger partial charge in [0.05, 0.1) is 13.3 Å². The number of methoxy groups -OCH3 is 1. The number of carbonyl (C=O) groups is 1. The van der Waals surface area contributed by atoms with Crippen molar-refractivity contribution in [2.75, 3.05) is 13.7 Å². The lowest BCUT2D eigenvalue weighted by Crippen LogP contribution is -2.18. The monoisotopic (exact) mass is 364 g/mol. The summed E-state index contributed by atoms with van der Waals surface area (Å²) >= 11 is 0. The van der Waals surface area contributed by atoms with Gasteiger partial charge in [-0.25, -0.2) is 5.43 Å². The van der Waals surface area contributed by atoms with E-state index < -0.39 is 0 Å². The van der Waals surface area contributed by atoms with Crippen LogP contribution >= 0.6 is 0 Å². The van der Waals surface area contributed by atoms with Gasteiger partial charge in [0.1, 0.15) is 18.1 Å². The van der Waals surface area contributed by atoms with Crippen molar-refractivity contribution < 1.29 is 14.3 Å². The predicted octanol–water partition coefficient (Wildman–Crippen LogP) is 3.77. The Morgan fingerprint density at radius 1 is 1.22 bits per heavy atom. The van der Waals surface area contributed by atoms with Crippen molar-refractivity contribution in [2.45, 2.75) is 26.2 Å². The lowest BCUT2D eigenvalue weighted by Gasteiger charge is -2.18. The molecule has 2 aromatic rings. The van der Waals surface area contributed by atoms with Crippen molar-refractivity contribution in [1.29, 1.82) is 0 Å². The van der Waals surface area contributed by atoms with E-state index in [1.54, 1.807) is 37.4 Å². The number of terminal acetylenes is 1. The molecule has 0 aliphatic heterocycles. The molecule has 0 fully saturated rings. The molecule has 0 radical (unpaired) electrons. The van der Waals surface area contributed by atoms with Crippen LogP contribution in [0.3, 0.4) is 0 Å². The normalized spacial score (nSPS) is 11.1. The summed E-state index contributed by atoms with van der Waals surface area (Å²) in [4.78, 5) is 12.3. The van der Waals surface area contributed by atoms with Gasteiger partial charge in [-0.3, -0.25) is 4.79 Å². The molecular formula is C22H24N2O3. The molecule has 27 heavy (non-hydrogen) atoms. The van der Waals surface area contributed by atoms with Gasteiger partial charge in [-0.1, -0.05) is 38.8 Å². The van der Waals surface area contributed by atoms with Gasteiger partial charge in [-0.05, 0) is 41.3 Å². The molecule has 0 aliphatic carbocycles.